The number of aromatic hydroxyl groups is 1. The van der Waals surface area contributed by atoms with Gasteiger partial charge in [0.05, 0.1) is 12.5 Å². The minimum atomic E-state index is -1.12. The second-order valence-electron chi connectivity index (χ2n) is 4.60. The van der Waals surface area contributed by atoms with Crippen molar-refractivity contribution < 1.29 is 24.1 Å². The molecule has 2 N–H and O–H groups in total. The monoisotopic (exact) mass is 254 g/mol. The molecule has 1 fully saturated rings. The average molecular weight is 254 g/mol. The van der Waals surface area contributed by atoms with Crippen molar-refractivity contribution in [2.75, 3.05) is 7.11 Å². The number of aliphatic carboxylic acids is 1. The fraction of sp³-hybridized carbons (Fsp3) is 0.462. The topological polar surface area (TPSA) is 66.8 Å². The van der Waals surface area contributed by atoms with E-state index in [-0.39, 0.29) is 17.1 Å². The van der Waals surface area contributed by atoms with Gasteiger partial charge in [0.1, 0.15) is 5.75 Å². The molecule has 2 rings (SSSR count). The van der Waals surface area contributed by atoms with E-state index < -0.39 is 17.2 Å². The van der Waals surface area contributed by atoms with Crippen LogP contribution in [0.5, 0.6) is 11.5 Å². The Labute approximate surface area is 104 Å². The summed E-state index contributed by atoms with van der Waals surface area (Å²) in [6, 6.07) is 2.21. The molecule has 1 aliphatic carbocycles. The van der Waals surface area contributed by atoms with Gasteiger partial charge in [-0.2, -0.15) is 0 Å². The summed E-state index contributed by atoms with van der Waals surface area (Å²) in [5.74, 6) is -2.05. The third-order valence-corrected chi connectivity index (χ3v) is 3.65. The summed E-state index contributed by atoms with van der Waals surface area (Å²) < 4.78 is 18.3. The Morgan fingerprint density at radius 1 is 1.39 bits per heavy atom. The van der Waals surface area contributed by atoms with E-state index in [1.807, 2.05) is 0 Å². The van der Waals surface area contributed by atoms with Crippen LogP contribution in [0.2, 0.25) is 0 Å². The molecule has 0 unspecified atom stereocenters. The van der Waals surface area contributed by atoms with Crippen molar-refractivity contribution in [3.63, 3.8) is 0 Å². The van der Waals surface area contributed by atoms with Crippen molar-refractivity contribution in [2.24, 2.45) is 0 Å². The Hall–Kier alpha value is -1.78. The normalized spacial score (nSPS) is 17.7. The van der Waals surface area contributed by atoms with Crippen LogP contribution in [0.25, 0.3) is 0 Å². The van der Waals surface area contributed by atoms with Crippen LogP contribution < -0.4 is 4.74 Å². The molecule has 4 nitrogen and oxygen atoms in total. The summed E-state index contributed by atoms with van der Waals surface area (Å²) in [5.41, 5.74) is -0.879. The molecule has 0 saturated heterocycles. The predicted octanol–water partition coefficient (Wildman–Crippen LogP) is 2.44. The molecule has 0 radical (unpaired) electrons. The second kappa shape index (κ2) is 4.48. The number of carbonyl (C=O) groups is 1. The van der Waals surface area contributed by atoms with Crippen molar-refractivity contribution in [2.45, 2.75) is 31.1 Å². The summed E-state index contributed by atoms with van der Waals surface area (Å²) in [5, 5.41) is 19.3. The largest absolute Gasteiger partial charge is 0.508 e. The molecule has 0 atom stereocenters. The quantitative estimate of drug-likeness (QED) is 0.869. The van der Waals surface area contributed by atoms with Crippen LogP contribution in [0.3, 0.4) is 0 Å². The Morgan fingerprint density at radius 3 is 2.50 bits per heavy atom. The molecule has 1 aromatic carbocycles. The highest BCUT2D eigenvalue weighted by molar-refractivity contribution is 5.83. The zero-order valence-electron chi connectivity index (χ0n) is 10.1. The minimum absolute atomic E-state index is 0.0460. The number of benzene rings is 1. The number of rotatable bonds is 3. The maximum Gasteiger partial charge on any atom is 0.314 e. The molecule has 18 heavy (non-hydrogen) atoms. The van der Waals surface area contributed by atoms with Gasteiger partial charge in [0, 0.05) is 11.6 Å². The number of hydrogen-bond donors (Lipinski definition) is 2. The summed E-state index contributed by atoms with van der Waals surface area (Å²) in [7, 11) is 1.31. The molecule has 5 heteroatoms. The van der Waals surface area contributed by atoms with Gasteiger partial charge in [-0.1, -0.05) is 12.8 Å². The van der Waals surface area contributed by atoms with Gasteiger partial charge in [0.15, 0.2) is 11.6 Å². The van der Waals surface area contributed by atoms with E-state index in [1.165, 1.54) is 13.2 Å². The van der Waals surface area contributed by atoms with E-state index in [2.05, 4.69) is 0 Å². The SMILES string of the molecule is COc1cc(C2(C(=O)O)CCCC2)c(O)cc1F. The van der Waals surface area contributed by atoms with Crippen LogP contribution >= 0.6 is 0 Å². The molecule has 98 valence electrons. The van der Waals surface area contributed by atoms with Gasteiger partial charge in [0.2, 0.25) is 0 Å². The van der Waals surface area contributed by atoms with Gasteiger partial charge in [-0.15, -0.1) is 0 Å². The lowest BCUT2D eigenvalue weighted by Gasteiger charge is -2.25. The highest BCUT2D eigenvalue weighted by atomic mass is 19.1. The van der Waals surface area contributed by atoms with Gasteiger partial charge >= 0.3 is 5.97 Å². The standard InChI is InChI=1S/C13H15FO4/c1-18-11-6-8(10(15)7-9(11)14)13(12(16)17)4-2-3-5-13/h6-7,15H,2-5H2,1H3,(H,16,17). The Balaban J connectivity index is 2.58. The third-order valence-electron chi connectivity index (χ3n) is 3.65. The molecule has 0 aromatic heterocycles. The number of phenolic OH excluding ortho intramolecular Hbond substituents is 1. The average Bonchev–Trinajstić information content (AvgIpc) is 2.79. The molecule has 0 aliphatic heterocycles. The molecule has 1 aromatic rings. The maximum atomic E-state index is 13.4. The van der Waals surface area contributed by atoms with E-state index >= 15 is 0 Å². The Morgan fingerprint density at radius 2 is 2.00 bits per heavy atom. The first-order chi connectivity index (χ1) is 8.51. The molecule has 0 bridgehead atoms. The number of halogens is 1. The van der Waals surface area contributed by atoms with Gasteiger partial charge < -0.3 is 14.9 Å². The number of ether oxygens (including phenoxy) is 1. The highest BCUT2D eigenvalue weighted by Gasteiger charge is 2.45. The predicted molar refractivity (Wildman–Crippen MR) is 62.4 cm³/mol. The van der Waals surface area contributed by atoms with Crippen LogP contribution in [-0.4, -0.2) is 23.3 Å². The van der Waals surface area contributed by atoms with Crippen molar-refractivity contribution >= 4 is 5.97 Å². The van der Waals surface area contributed by atoms with E-state index in [0.29, 0.717) is 12.8 Å². The zero-order valence-corrected chi connectivity index (χ0v) is 10.1. The number of carboxylic acid groups (broad SMARTS) is 1. The van der Waals surface area contributed by atoms with Crippen LogP contribution in [-0.2, 0) is 10.2 Å². The summed E-state index contributed by atoms with van der Waals surface area (Å²) >= 11 is 0. The molecule has 1 saturated carbocycles. The van der Waals surface area contributed by atoms with E-state index in [9.17, 15) is 19.4 Å². The molecular formula is C13H15FO4. The van der Waals surface area contributed by atoms with Crippen molar-refractivity contribution in [1.82, 2.24) is 0 Å². The number of hydrogen-bond acceptors (Lipinski definition) is 3. The third kappa shape index (κ3) is 1.79. The number of methoxy groups -OCH3 is 1. The highest BCUT2D eigenvalue weighted by Crippen LogP contribution is 2.46. The number of phenols is 1. The van der Waals surface area contributed by atoms with Crippen molar-refractivity contribution in [3.05, 3.63) is 23.5 Å². The smallest absolute Gasteiger partial charge is 0.314 e. The van der Waals surface area contributed by atoms with Crippen LogP contribution in [0.4, 0.5) is 4.39 Å². The molecule has 0 spiro atoms. The maximum absolute atomic E-state index is 13.4. The molecule has 1 aliphatic rings. The number of carboxylic acids is 1. The van der Waals surface area contributed by atoms with Gasteiger partial charge in [-0.05, 0) is 18.9 Å². The first-order valence-electron chi connectivity index (χ1n) is 5.81. The zero-order chi connectivity index (χ0) is 13.3. The fourth-order valence-electron chi connectivity index (χ4n) is 2.66. The van der Waals surface area contributed by atoms with Gasteiger partial charge in [-0.25, -0.2) is 4.39 Å². The lowest BCUT2D eigenvalue weighted by Crippen LogP contribution is -2.32. The molecular weight excluding hydrogens is 239 g/mol. The lowest BCUT2D eigenvalue weighted by atomic mass is 9.78. The Kier molecular flexibility index (Phi) is 3.15. The van der Waals surface area contributed by atoms with E-state index in [0.717, 1.165) is 18.9 Å². The summed E-state index contributed by atoms with van der Waals surface area (Å²) in [4.78, 5) is 11.5. The molecule has 0 amide bonds. The summed E-state index contributed by atoms with van der Waals surface area (Å²) in [6.07, 6.45) is 2.46. The van der Waals surface area contributed by atoms with Crippen LogP contribution in [0, 0.1) is 5.82 Å². The lowest BCUT2D eigenvalue weighted by molar-refractivity contribution is -0.143. The van der Waals surface area contributed by atoms with Crippen LogP contribution in [0.15, 0.2) is 12.1 Å². The van der Waals surface area contributed by atoms with Crippen molar-refractivity contribution in [3.8, 4) is 11.5 Å². The van der Waals surface area contributed by atoms with E-state index in [4.69, 9.17) is 4.74 Å². The molecule has 0 heterocycles. The first kappa shape index (κ1) is 12.7. The van der Waals surface area contributed by atoms with Crippen molar-refractivity contribution in [1.29, 1.82) is 0 Å². The van der Waals surface area contributed by atoms with Gasteiger partial charge in [-0.3, -0.25) is 4.79 Å². The van der Waals surface area contributed by atoms with Gasteiger partial charge in [0.25, 0.3) is 0 Å². The summed E-state index contributed by atoms with van der Waals surface area (Å²) in [6.45, 7) is 0. The van der Waals surface area contributed by atoms with E-state index in [1.54, 1.807) is 0 Å². The second-order valence-corrected chi connectivity index (χ2v) is 4.60. The minimum Gasteiger partial charge on any atom is -0.508 e. The first-order valence-corrected chi connectivity index (χ1v) is 5.81. The fourth-order valence-corrected chi connectivity index (χ4v) is 2.66. The Bertz CT molecular complexity index is 478. The van der Waals surface area contributed by atoms with Crippen LogP contribution in [0.1, 0.15) is 31.2 Å².